The summed E-state index contributed by atoms with van der Waals surface area (Å²) in [5, 5.41) is 6.25. The lowest BCUT2D eigenvalue weighted by atomic mass is 10.2. The zero-order chi connectivity index (χ0) is 13.3. The maximum absolute atomic E-state index is 11.7. The number of sulfone groups is 1. The summed E-state index contributed by atoms with van der Waals surface area (Å²) in [6.45, 7) is 13.5. The Morgan fingerprint density at radius 2 is 1.76 bits per heavy atom. The number of aryl methyl sites for hydroxylation is 1. The molecule has 0 bridgehead atoms. The van der Waals surface area contributed by atoms with Crippen LogP contribution in [-0.2, 0) is 9.84 Å². The fraction of sp³-hybridized carbons (Fsp3) is 0.333. The van der Waals surface area contributed by atoms with E-state index in [0.29, 0.717) is 11.3 Å². The summed E-state index contributed by atoms with van der Waals surface area (Å²) < 4.78 is 23.4. The van der Waals surface area contributed by atoms with Crippen molar-refractivity contribution in [3.63, 3.8) is 0 Å². The molecule has 1 aromatic rings. The molecule has 17 heavy (non-hydrogen) atoms. The van der Waals surface area contributed by atoms with Crippen LogP contribution in [0.4, 0.5) is 0 Å². The van der Waals surface area contributed by atoms with E-state index in [-0.39, 0.29) is 12.3 Å². The molecule has 0 N–H and O–H groups in total. The molecule has 0 aliphatic carbocycles. The molecule has 0 aliphatic rings. The van der Waals surface area contributed by atoms with Crippen molar-refractivity contribution in [1.82, 2.24) is 0 Å². The van der Waals surface area contributed by atoms with Gasteiger partial charge in [-0.15, -0.1) is 0 Å². The zero-order valence-corrected chi connectivity index (χ0v) is 10.4. The van der Waals surface area contributed by atoms with E-state index in [9.17, 15) is 8.42 Å². The van der Waals surface area contributed by atoms with Crippen LogP contribution in [0.25, 0.3) is 4.85 Å². The largest absolute Gasteiger partial charge is 0.512 e. The normalized spacial score (nSPS) is 9.76. The van der Waals surface area contributed by atoms with Crippen molar-refractivity contribution >= 4 is 9.84 Å². The van der Waals surface area contributed by atoms with Crippen LogP contribution >= 0.6 is 0 Å². The number of nitrogens with zero attached hydrogens (tertiary/aromatic N) is 2. The molecule has 1 rings (SSSR count). The van der Waals surface area contributed by atoms with E-state index in [2.05, 4.69) is 4.85 Å². The van der Waals surface area contributed by atoms with Crippen LogP contribution in [0.2, 0.25) is 0 Å². The van der Waals surface area contributed by atoms with Crippen molar-refractivity contribution in [2.24, 2.45) is 0 Å². The highest BCUT2D eigenvalue weighted by Crippen LogP contribution is 2.12. The van der Waals surface area contributed by atoms with Gasteiger partial charge in [-0.2, -0.15) is 0 Å². The van der Waals surface area contributed by atoms with Gasteiger partial charge in [0.1, 0.15) is 0 Å². The Bertz CT molecular complexity index is 496. The number of benzene rings is 1. The highest BCUT2D eigenvalue weighted by molar-refractivity contribution is 7.91. The third-order valence-electron chi connectivity index (χ3n) is 2.06. The summed E-state index contributed by atoms with van der Waals surface area (Å²) in [6.07, 6.45) is 0.402. The highest BCUT2D eigenvalue weighted by Gasteiger charge is 2.13. The molecule has 0 heterocycles. The second kappa shape index (κ2) is 7.43. The van der Waals surface area contributed by atoms with Gasteiger partial charge in [0.25, 0.3) is 0 Å². The van der Waals surface area contributed by atoms with E-state index < -0.39 is 9.84 Å². The van der Waals surface area contributed by atoms with Gasteiger partial charge in [0.2, 0.25) is 6.54 Å². The summed E-state index contributed by atoms with van der Waals surface area (Å²) in [5.41, 5.74) is 1.04. The van der Waals surface area contributed by atoms with Gasteiger partial charge in [-0.1, -0.05) is 17.7 Å². The van der Waals surface area contributed by atoms with Gasteiger partial charge in [-0.25, -0.2) is 15.0 Å². The first-order chi connectivity index (χ1) is 8.06. The highest BCUT2D eigenvalue weighted by atomic mass is 32.2. The van der Waals surface area contributed by atoms with E-state index in [4.69, 9.17) is 18.4 Å². The molecule has 0 aliphatic heterocycles. The fourth-order valence-corrected chi connectivity index (χ4v) is 2.49. The van der Waals surface area contributed by atoms with E-state index >= 15 is 0 Å². The van der Waals surface area contributed by atoms with Gasteiger partial charge in [0, 0.05) is 6.42 Å². The topological polar surface area (TPSA) is 62.3 Å². The average molecular weight is 249 g/mol. The van der Waals surface area contributed by atoms with Crippen LogP contribution in [0.1, 0.15) is 12.0 Å². The quantitative estimate of drug-likeness (QED) is 0.607. The van der Waals surface area contributed by atoms with Gasteiger partial charge in [0.05, 0.1) is 10.6 Å². The van der Waals surface area contributed by atoms with Crippen LogP contribution in [0.15, 0.2) is 29.2 Å². The monoisotopic (exact) mass is 249 g/mol. The SMILES string of the molecule is [C-]#N.[C-]#[N+]CCCS(=O)(=O)c1ccc(C)cc1. The van der Waals surface area contributed by atoms with E-state index in [0.717, 1.165) is 5.56 Å². The Hall–Kier alpha value is -1.85. The second-order valence-electron chi connectivity index (χ2n) is 3.37. The predicted octanol–water partition coefficient (Wildman–Crippen LogP) is 2.17. The molecule has 0 spiro atoms. The van der Waals surface area contributed by atoms with Crippen LogP contribution in [0, 0.1) is 25.3 Å². The van der Waals surface area contributed by atoms with Crippen molar-refractivity contribution in [2.75, 3.05) is 12.3 Å². The number of hydrogen-bond donors (Lipinski definition) is 0. The third kappa shape index (κ3) is 5.14. The molecule has 0 saturated heterocycles. The molecule has 0 amide bonds. The van der Waals surface area contributed by atoms with Crippen molar-refractivity contribution in [1.29, 1.82) is 5.26 Å². The minimum atomic E-state index is -3.19. The minimum absolute atomic E-state index is 0.0540. The van der Waals surface area contributed by atoms with Gasteiger partial charge < -0.3 is 16.7 Å². The molecule has 0 saturated carbocycles. The lowest BCUT2D eigenvalue weighted by Gasteiger charge is -2.02. The molecule has 0 fully saturated rings. The van der Waals surface area contributed by atoms with Crippen LogP contribution in [0.5, 0.6) is 0 Å². The molecular formula is C12H13N2O2S-. The van der Waals surface area contributed by atoms with Crippen molar-refractivity contribution in [3.8, 4) is 0 Å². The standard InChI is InChI=1S/C11H13NO2S.CN/c1-10-4-6-11(7-5-10)15(13,14)9-3-8-12-2;1-2/h4-7H,3,8-9H2,1H3;/q;-1. The maximum Gasteiger partial charge on any atom is 0.215 e. The zero-order valence-electron chi connectivity index (χ0n) is 9.55. The Balaban J connectivity index is 0.00000121. The van der Waals surface area contributed by atoms with E-state index in [1.807, 2.05) is 6.92 Å². The van der Waals surface area contributed by atoms with Crippen molar-refractivity contribution < 1.29 is 8.42 Å². The summed E-state index contributed by atoms with van der Waals surface area (Å²) in [7, 11) is -3.19. The molecule has 4 nitrogen and oxygen atoms in total. The molecule has 0 radical (unpaired) electrons. The summed E-state index contributed by atoms with van der Waals surface area (Å²) in [5.74, 6) is 0.0540. The maximum atomic E-state index is 11.7. The average Bonchev–Trinajstić information content (AvgIpc) is 2.32. The minimum Gasteiger partial charge on any atom is -0.512 e. The lowest BCUT2D eigenvalue weighted by molar-refractivity contribution is 0.594. The number of rotatable bonds is 4. The Morgan fingerprint density at radius 1 is 1.24 bits per heavy atom. The third-order valence-corrected chi connectivity index (χ3v) is 3.88. The fourth-order valence-electron chi connectivity index (χ4n) is 1.20. The smallest absolute Gasteiger partial charge is 0.215 e. The van der Waals surface area contributed by atoms with Crippen molar-refractivity contribution in [3.05, 3.63) is 47.8 Å². The summed E-state index contributed by atoms with van der Waals surface area (Å²) in [4.78, 5) is 3.48. The van der Waals surface area contributed by atoms with E-state index in [1.165, 1.54) is 0 Å². The Kier molecular flexibility index (Phi) is 6.62. The molecule has 5 heteroatoms. The van der Waals surface area contributed by atoms with Crippen LogP contribution in [0.3, 0.4) is 0 Å². The molecule has 0 atom stereocenters. The predicted molar refractivity (Wildman–Crippen MR) is 64.3 cm³/mol. The van der Waals surface area contributed by atoms with Gasteiger partial charge in [0.15, 0.2) is 9.84 Å². The van der Waals surface area contributed by atoms with Crippen molar-refractivity contribution in [2.45, 2.75) is 18.2 Å². The van der Waals surface area contributed by atoms with Crippen LogP contribution < -0.4 is 0 Å². The van der Waals surface area contributed by atoms with Crippen LogP contribution in [-0.4, -0.2) is 20.7 Å². The lowest BCUT2D eigenvalue weighted by Crippen LogP contribution is -2.07. The molecule has 90 valence electrons. The summed E-state index contributed by atoms with van der Waals surface area (Å²) in [6, 6.07) is 6.79. The number of hydrogen-bond acceptors (Lipinski definition) is 3. The second-order valence-corrected chi connectivity index (χ2v) is 5.48. The summed E-state index contributed by atoms with van der Waals surface area (Å²) >= 11 is 0. The Labute approximate surface area is 102 Å². The first-order valence-electron chi connectivity index (χ1n) is 4.91. The first kappa shape index (κ1) is 15.2. The molecule has 0 aromatic heterocycles. The molecule has 1 aromatic carbocycles. The van der Waals surface area contributed by atoms with Gasteiger partial charge in [-0.3, -0.25) is 0 Å². The van der Waals surface area contributed by atoms with Gasteiger partial charge in [-0.05, 0) is 19.1 Å². The van der Waals surface area contributed by atoms with E-state index in [1.54, 1.807) is 24.3 Å². The molecule has 0 unspecified atom stereocenters. The molecular weight excluding hydrogens is 236 g/mol. The Morgan fingerprint density at radius 3 is 2.24 bits per heavy atom. The first-order valence-corrected chi connectivity index (χ1v) is 6.56. The van der Waals surface area contributed by atoms with Gasteiger partial charge >= 0.3 is 0 Å².